The Morgan fingerprint density at radius 3 is 2.33 bits per heavy atom. The molecule has 0 aliphatic carbocycles. The van der Waals surface area contributed by atoms with Crippen LogP contribution in [-0.2, 0) is 15.8 Å². The number of hydrogen-bond donors (Lipinski definition) is 1. The number of piperidine rings is 1. The third-order valence-corrected chi connectivity index (χ3v) is 5.06. The number of anilines is 2. The molecule has 0 saturated carbocycles. The molecule has 0 atom stereocenters. The number of nitrogens with zero attached hydrogens (tertiary/aromatic N) is 3. The van der Waals surface area contributed by atoms with Crippen LogP contribution in [0.4, 0.5) is 24.5 Å². The lowest BCUT2D eigenvalue weighted by molar-refractivity contribution is -0.137. The molecule has 2 amide bonds. The Balaban J connectivity index is 2.20. The summed E-state index contributed by atoms with van der Waals surface area (Å²) in [4.78, 5) is 29.8. The van der Waals surface area contributed by atoms with E-state index in [4.69, 9.17) is 0 Å². The van der Waals surface area contributed by atoms with E-state index >= 15 is 0 Å². The summed E-state index contributed by atoms with van der Waals surface area (Å²) in [6, 6.07) is 3.48. The fraction of sp³-hybridized carbons (Fsp3) is 0.619. The van der Waals surface area contributed by atoms with Gasteiger partial charge in [0, 0.05) is 27.2 Å². The van der Waals surface area contributed by atoms with E-state index < -0.39 is 17.6 Å². The van der Waals surface area contributed by atoms with Crippen LogP contribution in [0.3, 0.4) is 0 Å². The smallest absolute Gasteiger partial charge is 0.370 e. The first-order valence-electron chi connectivity index (χ1n) is 10.3. The molecule has 1 fully saturated rings. The molecule has 1 aromatic carbocycles. The number of halogens is 3. The maximum absolute atomic E-state index is 13.2. The van der Waals surface area contributed by atoms with Gasteiger partial charge in [0.25, 0.3) is 0 Å². The molecule has 6 nitrogen and oxygen atoms in total. The molecule has 2 rings (SSSR count). The van der Waals surface area contributed by atoms with Gasteiger partial charge in [-0.05, 0) is 50.4 Å². The van der Waals surface area contributed by atoms with Gasteiger partial charge in [-0.3, -0.25) is 14.5 Å². The van der Waals surface area contributed by atoms with Gasteiger partial charge in [0.2, 0.25) is 11.8 Å². The summed E-state index contributed by atoms with van der Waals surface area (Å²) in [7, 11) is 3.28. The summed E-state index contributed by atoms with van der Waals surface area (Å²) in [5, 5.41) is 2.66. The van der Waals surface area contributed by atoms with Crippen LogP contribution in [-0.4, -0.2) is 68.4 Å². The van der Waals surface area contributed by atoms with Crippen molar-refractivity contribution in [2.24, 2.45) is 0 Å². The molecule has 0 bridgehead atoms. The molecule has 1 aromatic rings. The maximum atomic E-state index is 13.2. The number of amides is 2. The summed E-state index contributed by atoms with van der Waals surface area (Å²) in [5.41, 5.74) is -0.0404. The minimum atomic E-state index is -4.49. The van der Waals surface area contributed by atoms with E-state index in [-0.39, 0.29) is 24.7 Å². The molecule has 1 N–H and O–H groups in total. The second kappa shape index (κ2) is 10.7. The Labute approximate surface area is 176 Å². The molecule has 0 aromatic heterocycles. The average molecular weight is 428 g/mol. The first kappa shape index (κ1) is 24.0. The average Bonchev–Trinajstić information content (AvgIpc) is 2.68. The zero-order valence-corrected chi connectivity index (χ0v) is 17.9. The van der Waals surface area contributed by atoms with E-state index in [1.165, 1.54) is 11.0 Å². The first-order chi connectivity index (χ1) is 14.1. The van der Waals surface area contributed by atoms with Crippen molar-refractivity contribution in [3.8, 4) is 0 Å². The normalized spacial score (nSPS) is 14.7. The maximum Gasteiger partial charge on any atom is 0.416 e. The summed E-state index contributed by atoms with van der Waals surface area (Å²) in [5.74, 6) is -0.572. The first-order valence-corrected chi connectivity index (χ1v) is 10.3. The largest absolute Gasteiger partial charge is 0.416 e. The third kappa shape index (κ3) is 6.90. The van der Waals surface area contributed by atoms with Gasteiger partial charge in [-0.15, -0.1) is 0 Å². The molecule has 0 radical (unpaired) electrons. The summed E-state index contributed by atoms with van der Waals surface area (Å²) < 4.78 is 39.7. The van der Waals surface area contributed by atoms with E-state index in [2.05, 4.69) is 5.32 Å². The number of benzene rings is 1. The second-order valence-corrected chi connectivity index (χ2v) is 7.82. The van der Waals surface area contributed by atoms with E-state index in [9.17, 15) is 22.8 Å². The number of carbonyl (C=O) groups is 2. The highest BCUT2D eigenvalue weighted by Gasteiger charge is 2.32. The zero-order chi connectivity index (χ0) is 22.3. The minimum absolute atomic E-state index is 0.0664. The summed E-state index contributed by atoms with van der Waals surface area (Å²) in [6.07, 6.45) is -0.732. The van der Waals surface area contributed by atoms with Gasteiger partial charge < -0.3 is 15.1 Å². The monoisotopic (exact) mass is 428 g/mol. The lowest BCUT2D eigenvalue weighted by Gasteiger charge is -2.31. The predicted octanol–water partition coefficient (Wildman–Crippen LogP) is 3.43. The lowest BCUT2D eigenvalue weighted by Crippen LogP contribution is -2.41. The van der Waals surface area contributed by atoms with Crippen LogP contribution in [0, 0.1) is 0 Å². The van der Waals surface area contributed by atoms with Crippen molar-refractivity contribution in [3.63, 3.8) is 0 Å². The molecule has 1 aliphatic rings. The molecule has 1 saturated heterocycles. The standard InChI is InChI=1S/C21H31F3N4O2/c1-4-10-27(15-20(30)26(2)3)14-19(29)25-17-13-16(21(22,23)24)8-9-18(17)28-11-6-5-7-12-28/h8-9,13H,4-7,10-12,14-15H2,1-3H3,(H,25,29). The molecular weight excluding hydrogens is 397 g/mol. The summed E-state index contributed by atoms with van der Waals surface area (Å²) in [6.45, 7) is 3.97. The van der Waals surface area contributed by atoms with E-state index in [1.54, 1.807) is 19.0 Å². The van der Waals surface area contributed by atoms with Crippen LogP contribution in [0.2, 0.25) is 0 Å². The van der Waals surface area contributed by atoms with Crippen molar-refractivity contribution in [2.75, 3.05) is 57.0 Å². The Morgan fingerprint density at radius 2 is 1.77 bits per heavy atom. The molecule has 9 heteroatoms. The Kier molecular flexibility index (Phi) is 8.52. The molecule has 0 spiro atoms. The van der Waals surface area contributed by atoms with Crippen LogP contribution in [0.15, 0.2) is 18.2 Å². The van der Waals surface area contributed by atoms with Gasteiger partial charge in [-0.25, -0.2) is 0 Å². The van der Waals surface area contributed by atoms with Gasteiger partial charge in [0.15, 0.2) is 0 Å². The van der Waals surface area contributed by atoms with Gasteiger partial charge in [0.1, 0.15) is 0 Å². The highest BCUT2D eigenvalue weighted by atomic mass is 19.4. The quantitative estimate of drug-likeness (QED) is 0.689. The Bertz CT molecular complexity index is 731. The SMILES string of the molecule is CCCN(CC(=O)Nc1cc(C(F)(F)F)ccc1N1CCCCC1)CC(=O)N(C)C. The van der Waals surface area contributed by atoms with Gasteiger partial charge in [0.05, 0.1) is 30.0 Å². The topological polar surface area (TPSA) is 55.9 Å². The van der Waals surface area contributed by atoms with E-state index in [0.717, 1.165) is 50.9 Å². The van der Waals surface area contributed by atoms with E-state index in [0.29, 0.717) is 12.2 Å². The van der Waals surface area contributed by atoms with Crippen molar-refractivity contribution in [3.05, 3.63) is 23.8 Å². The zero-order valence-electron chi connectivity index (χ0n) is 17.9. The van der Waals surface area contributed by atoms with Crippen molar-refractivity contribution in [1.29, 1.82) is 0 Å². The van der Waals surface area contributed by atoms with Gasteiger partial charge in [-0.1, -0.05) is 6.92 Å². The van der Waals surface area contributed by atoms with Crippen molar-refractivity contribution >= 4 is 23.2 Å². The number of carbonyl (C=O) groups excluding carboxylic acids is 2. The Hall–Kier alpha value is -2.29. The molecule has 0 unspecified atom stereocenters. The van der Waals surface area contributed by atoms with Gasteiger partial charge >= 0.3 is 6.18 Å². The number of likely N-dealkylation sites (N-methyl/N-ethyl adjacent to an activating group) is 1. The molecule has 1 heterocycles. The van der Waals surface area contributed by atoms with Crippen LogP contribution in [0.5, 0.6) is 0 Å². The van der Waals surface area contributed by atoms with Crippen LogP contribution >= 0.6 is 0 Å². The molecule has 1 aliphatic heterocycles. The highest BCUT2D eigenvalue weighted by molar-refractivity contribution is 5.96. The fourth-order valence-corrected chi connectivity index (χ4v) is 3.48. The number of nitrogens with one attached hydrogen (secondary N) is 1. The fourth-order valence-electron chi connectivity index (χ4n) is 3.48. The van der Waals surface area contributed by atoms with E-state index in [1.807, 2.05) is 11.8 Å². The molecule has 168 valence electrons. The van der Waals surface area contributed by atoms with Crippen molar-refractivity contribution < 1.29 is 22.8 Å². The molecular formula is C21H31F3N4O2. The number of alkyl halides is 3. The van der Waals surface area contributed by atoms with Gasteiger partial charge in [-0.2, -0.15) is 13.2 Å². The predicted molar refractivity (Wildman–Crippen MR) is 112 cm³/mol. The number of hydrogen-bond acceptors (Lipinski definition) is 4. The number of rotatable bonds is 8. The van der Waals surface area contributed by atoms with Crippen molar-refractivity contribution in [1.82, 2.24) is 9.80 Å². The van der Waals surface area contributed by atoms with Crippen molar-refractivity contribution in [2.45, 2.75) is 38.8 Å². The molecule has 30 heavy (non-hydrogen) atoms. The third-order valence-electron chi connectivity index (χ3n) is 5.06. The van der Waals surface area contributed by atoms with Crippen LogP contribution < -0.4 is 10.2 Å². The highest BCUT2D eigenvalue weighted by Crippen LogP contribution is 2.36. The second-order valence-electron chi connectivity index (χ2n) is 7.82. The Morgan fingerprint density at radius 1 is 1.10 bits per heavy atom. The minimum Gasteiger partial charge on any atom is -0.370 e. The van der Waals surface area contributed by atoms with Crippen LogP contribution in [0.25, 0.3) is 0 Å². The van der Waals surface area contributed by atoms with Crippen LogP contribution in [0.1, 0.15) is 38.2 Å². The lowest BCUT2D eigenvalue weighted by atomic mass is 10.1. The summed E-state index contributed by atoms with van der Waals surface area (Å²) >= 11 is 0.